The number of benzene rings is 1. The monoisotopic (exact) mass is 535 g/mol. The number of carbonyl (C=O) groups is 2. The van der Waals surface area contributed by atoms with Crippen LogP contribution in [-0.4, -0.2) is 77.1 Å². The predicted molar refractivity (Wildman–Crippen MR) is 150 cm³/mol. The summed E-state index contributed by atoms with van der Waals surface area (Å²) in [6.07, 6.45) is 4.28. The first-order valence-electron chi connectivity index (χ1n) is 12.8. The summed E-state index contributed by atoms with van der Waals surface area (Å²) in [5.74, 6) is 1.48. The highest BCUT2D eigenvalue weighted by Crippen LogP contribution is 2.31. The molecular formula is C28H33N5O2S2. The molecule has 0 radical (unpaired) electrons. The van der Waals surface area contributed by atoms with Gasteiger partial charge in [0, 0.05) is 61.2 Å². The molecule has 2 saturated heterocycles. The van der Waals surface area contributed by atoms with Gasteiger partial charge in [-0.05, 0) is 55.9 Å². The molecule has 37 heavy (non-hydrogen) atoms. The number of rotatable bonds is 6. The second-order valence-corrected chi connectivity index (χ2v) is 11.4. The van der Waals surface area contributed by atoms with Crippen molar-refractivity contribution in [3.63, 3.8) is 0 Å². The Morgan fingerprint density at radius 3 is 2.35 bits per heavy atom. The number of carbonyl (C=O) groups excluding carboxylic acids is 2. The Labute approximate surface area is 226 Å². The van der Waals surface area contributed by atoms with Crippen molar-refractivity contribution in [2.45, 2.75) is 37.0 Å². The third kappa shape index (κ3) is 6.15. The first-order valence-corrected chi connectivity index (χ1v) is 14.9. The van der Waals surface area contributed by atoms with Crippen molar-refractivity contribution in [2.24, 2.45) is 0 Å². The Balaban J connectivity index is 1.11. The van der Waals surface area contributed by atoms with E-state index in [0.717, 1.165) is 61.1 Å². The van der Waals surface area contributed by atoms with Crippen molar-refractivity contribution >= 4 is 40.7 Å². The Morgan fingerprint density at radius 2 is 1.68 bits per heavy atom. The molecule has 2 aliphatic rings. The lowest BCUT2D eigenvalue weighted by Gasteiger charge is -2.35. The number of aryl methyl sites for hydroxylation is 1. The molecule has 0 aliphatic carbocycles. The summed E-state index contributed by atoms with van der Waals surface area (Å²) >= 11 is 3.28. The molecule has 0 atom stereocenters. The topological polar surface area (TPSA) is 69.6 Å². The number of piperazine rings is 1. The van der Waals surface area contributed by atoms with Crippen LogP contribution < -0.4 is 4.90 Å². The van der Waals surface area contributed by atoms with Gasteiger partial charge in [-0.3, -0.25) is 9.59 Å². The van der Waals surface area contributed by atoms with Gasteiger partial charge in [-0.1, -0.05) is 18.2 Å². The molecule has 2 fully saturated rings. The van der Waals surface area contributed by atoms with Crippen LogP contribution >= 0.6 is 23.1 Å². The smallest absolute Gasteiger partial charge is 0.273 e. The van der Waals surface area contributed by atoms with Crippen LogP contribution in [-0.2, 0) is 11.2 Å². The number of thioether (sulfide) groups is 1. The molecule has 0 spiro atoms. The number of hydrogen-bond acceptors (Lipinski definition) is 7. The number of aromatic nitrogens is 2. The molecule has 0 N–H and O–H groups in total. The van der Waals surface area contributed by atoms with Crippen LogP contribution in [0.5, 0.6) is 0 Å². The van der Waals surface area contributed by atoms with Crippen LogP contribution in [0, 0.1) is 6.92 Å². The molecule has 7 nitrogen and oxygen atoms in total. The number of anilines is 1. The van der Waals surface area contributed by atoms with Gasteiger partial charge in [0.05, 0.1) is 11.4 Å². The lowest BCUT2D eigenvalue weighted by Crippen LogP contribution is -2.49. The minimum Gasteiger partial charge on any atom is -0.353 e. The van der Waals surface area contributed by atoms with Crippen LogP contribution in [0.2, 0.25) is 0 Å². The zero-order chi connectivity index (χ0) is 25.8. The zero-order valence-electron chi connectivity index (χ0n) is 21.4. The van der Waals surface area contributed by atoms with Crippen molar-refractivity contribution in [3.05, 3.63) is 69.8 Å². The first-order chi connectivity index (χ1) is 18.0. The molecule has 4 heterocycles. The van der Waals surface area contributed by atoms with E-state index in [2.05, 4.69) is 28.3 Å². The second-order valence-electron chi connectivity index (χ2n) is 9.67. The van der Waals surface area contributed by atoms with Gasteiger partial charge >= 0.3 is 0 Å². The normalized spacial score (nSPS) is 16.8. The number of piperidine rings is 1. The Hall–Kier alpha value is -2.91. The number of nitrogens with zero attached hydrogens (tertiary/aromatic N) is 5. The quantitative estimate of drug-likeness (QED) is 0.434. The van der Waals surface area contributed by atoms with E-state index in [1.54, 1.807) is 23.1 Å². The van der Waals surface area contributed by atoms with Gasteiger partial charge in [-0.15, -0.1) is 23.1 Å². The third-order valence-electron chi connectivity index (χ3n) is 7.22. The van der Waals surface area contributed by atoms with Crippen molar-refractivity contribution in [3.8, 4) is 0 Å². The van der Waals surface area contributed by atoms with Crippen LogP contribution in [0.25, 0.3) is 0 Å². The fourth-order valence-electron chi connectivity index (χ4n) is 4.98. The van der Waals surface area contributed by atoms with Crippen molar-refractivity contribution < 1.29 is 9.59 Å². The Morgan fingerprint density at radius 1 is 0.946 bits per heavy atom. The highest BCUT2D eigenvalue weighted by Gasteiger charge is 2.28. The van der Waals surface area contributed by atoms with Crippen LogP contribution in [0.1, 0.15) is 45.5 Å². The van der Waals surface area contributed by atoms with Crippen LogP contribution in [0.4, 0.5) is 5.82 Å². The largest absolute Gasteiger partial charge is 0.353 e. The third-order valence-corrected chi connectivity index (χ3v) is 8.97. The summed E-state index contributed by atoms with van der Waals surface area (Å²) in [5.41, 5.74) is 2.61. The summed E-state index contributed by atoms with van der Waals surface area (Å²) in [7, 11) is 0. The van der Waals surface area contributed by atoms with Crippen LogP contribution in [0.15, 0.2) is 52.7 Å². The van der Waals surface area contributed by atoms with Gasteiger partial charge < -0.3 is 14.7 Å². The van der Waals surface area contributed by atoms with Crippen molar-refractivity contribution in [1.82, 2.24) is 19.8 Å². The fraction of sp³-hybridized carbons (Fsp3) is 0.429. The Kier molecular flexibility index (Phi) is 8.10. The molecule has 5 rings (SSSR count). The highest BCUT2D eigenvalue weighted by atomic mass is 32.2. The summed E-state index contributed by atoms with van der Waals surface area (Å²) in [6, 6.07) is 14.3. The average molecular weight is 536 g/mol. The molecule has 0 unspecified atom stereocenters. The van der Waals surface area contributed by atoms with Crippen molar-refractivity contribution in [2.75, 3.05) is 50.4 Å². The SMILES string of the molecule is CSc1ccc(CC(=O)N2CCC(c3nc(C(=O)N4CCN(c5cccc(C)n5)CC4)cs3)CC2)cc1. The molecule has 0 bridgehead atoms. The highest BCUT2D eigenvalue weighted by molar-refractivity contribution is 7.98. The summed E-state index contributed by atoms with van der Waals surface area (Å²) in [5, 5.41) is 2.92. The second kappa shape index (κ2) is 11.6. The minimum atomic E-state index is 0.0134. The van der Waals surface area contributed by atoms with Gasteiger partial charge in [0.2, 0.25) is 5.91 Å². The number of amides is 2. The molecule has 3 aromatic rings. The zero-order valence-corrected chi connectivity index (χ0v) is 23.1. The molecule has 194 valence electrons. The lowest BCUT2D eigenvalue weighted by atomic mass is 9.97. The predicted octanol–water partition coefficient (Wildman–Crippen LogP) is 4.48. The molecule has 0 saturated carbocycles. The maximum absolute atomic E-state index is 13.1. The standard InChI is InChI=1S/C28H33N5O2S2/c1-20-4-3-5-25(29-20)31-14-16-33(17-15-31)28(35)24-19-37-27(30-24)22-10-12-32(13-11-22)26(34)18-21-6-8-23(36-2)9-7-21/h3-9,19,22H,10-18H2,1-2H3. The van der Waals surface area contributed by atoms with Crippen LogP contribution in [0.3, 0.4) is 0 Å². The van der Waals surface area contributed by atoms with E-state index in [9.17, 15) is 9.59 Å². The summed E-state index contributed by atoms with van der Waals surface area (Å²) < 4.78 is 0. The molecule has 9 heteroatoms. The summed E-state index contributed by atoms with van der Waals surface area (Å²) in [6.45, 7) is 6.36. The average Bonchev–Trinajstić information content (AvgIpc) is 3.44. The van der Waals surface area contributed by atoms with E-state index in [1.165, 1.54) is 4.90 Å². The van der Waals surface area contributed by atoms with E-state index in [-0.39, 0.29) is 11.8 Å². The van der Waals surface area contributed by atoms with Gasteiger partial charge in [0.25, 0.3) is 5.91 Å². The molecular weight excluding hydrogens is 502 g/mol. The maximum Gasteiger partial charge on any atom is 0.273 e. The maximum atomic E-state index is 13.1. The number of likely N-dealkylation sites (tertiary alicyclic amines) is 1. The number of thiazole rings is 1. The fourth-order valence-corrected chi connectivity index (χ4v) is 6.36. The minimum absolute atomic E-state index is 0.0134. The van der Waals surface area contributed by atoms with E-state index in [0.29, 0.717) is 31.1 Å². The van der Waals surface area contributed by atoms with Gasteiger partial charge in [-0.2, -0.15) is 0 Å². The lowest BCUT2D eigenvalue weighted by molar-refractivity contribution is -0.131. The van der Waals surface area contributed by atoms with E-state index < -0.39 is 0 Å². The molecule has 2 aliphatic heterocycles. The summed E-state index contributed by atoms with van der Waals surface area (Å²) in [4.78, 5) is 42.6. The molecule has 1 aromatic carbocycles. The van der Waals surface area contributed by atoms with Gasteiger partial charge in [0.1, 0.15) is 11.5 Å². The first kappa shape index (κ1) is 25.7. The van der Waals surface area contributed by atoms with Gasteiger partial charge in [-0.25, -0.2) is 9.97 Å². The van der Waals surface area contributed by atoms with E-state index >= 15 is 0 Å². The number of hydrogen-bond donors (Lipinski definition) is 0. The van der Waals surface area contributed by atoms with E-state index in [4.69, 9.17) is 4.98 Å². The van der Waals surface area contributed by atoms with Gasteiger partial charge in [0.15, 0.2) is 0 Å². The molecule has 2 aromatic heterocycles. The molecule has 2 amide bonds. The van der Waals surface area contributed by atoms with Crippen molar-refractivity contribution in [1.29, 1.82) is 0 Å². The number of pyridine rings is 1. The Bertz CT molecular complexity index is 1230. The van der Waals surface area contributed by atoms with E-state index in [1.807, 2.05) is 52.4 Å².